The number of fused-ring (bicyclic) bond motifs is 1. The first kappa shape index (κ1) is 15.8. The minimum absolute atomic E-state index is 0.106. The second kappa shape index (κ2) is 6.65. The van der Waals surface area contributed by atoms with Gasteiger partial charge < -0.3 is 20.5 Å². The number of nitrogens with zero attached hydrogens (tertiary/aromatic N) is 1. The third kappa shape index (κ3) is 3.10. The molecule has 2 saturated heterocycles. The Morgan fingerprint density at radius 1 is 1.29 bits per heavy atom. The molecule has 1 aromatic heterocycles. The van der Waals surface area contributed by atoms with Crippen LogP contribution in [0, 0.1) is 0 Å². The molecule has 2 fully saturated rings. The lowest BCUT2D eigenvalue weighted by atomic mass is 9.93. The molecular weight excluding hydrogens is 324 g/mol. The predicted molar refractivity (Wildman–Crippen MR) is 96.5 cm³/mol. The number of amides is 2. The summed E-state index contributed by atoms with van der Waals surface area (Å²) in [5, 5.41) is 8.55. The molecule has 2 atom stereocenters. The van der Waals surface area contributed by atoms with Crippen LogP contribution in [0.2, 0.25) is 5.02 Å². The highest BCUT2D eigenvalue weighted by molar-refractivity contribution is 6.31. The summed E-state index contributed by atoms with van der Waals surface area (Å²) in [5.74, 6) is 0. The average Bonchev–Trinajstić information content (AvgIpc) is 3.19. The van der Waals surface area contributed by atoms with Crippen LogP contribution in [0.5, 0.6) is 0 Å². The summed E-state index contributed by atoms with van der Waals surface area (Å²) < 4.78 is 0. The summed E-state index contributed by atoms with van der Waals surface area (Å²) in [6.07, 6.45) is 6.30. The van der Waals surface area contributed by atoms with Gasteiger partial charge in [0.1, 0.15) is 0 Å². The zero-order valence-corrected chi connectivity index (χ0v) is 14.4. The molecule has 0 aliphatic carbocycles. The average molecular weight is 347 g/mol. The minimum Gasteiger partial charge on any atom is -0.361 e. The van der Waals surface area contributed by atoms with Crippen molar-refractivity contribution in [3.05, 3.63) is 35.0 Å². The molecule has 3 N–H and O–H groups in total. The molecule has 0 saturated carbocycles. The van der Waals surface area contributed by atoms with Crippen molar-refractivity contribution >= 4 is 28.5 Å². The van der Waals surface area contributed by atoms with Crippen LogP contribution >= 0.6 is 11.6 Å². The summed E-state index contributed by atoms with van der Waals surface area (Å²) in [4.78, 5) is 17.2. The number of halogens is 1. The Kier molecular flexibility index (Phi) is 4.37. The van der Waals surface area contributed by atoms with Crippen molar-refractivity contribution in [1.82, 2.24) is 20.5 Å². The minimum atomic E-state index is 0.106. The molecule has 2 unspecified atom stereocenters. The van der Waals surface area contributed by atoms with E-state index in [1.165, 1.54) is 10.9 Å². The third-order valence-corrected chi connectivity index (χ3v) is 5.52. The van der Waals surface area contributed by atoms with Crippen molar-refractivity contribution in [1.29, 1.82) is 0 Å². The Morgan fingerprint density at radius 3 is 3.04 bits per heavy atom. The number of carbonyl (C=O) groups excluding carboxylic acids is 1. The zero-order valence-electron chi connectivity index (χ0n) is 13.6. The monoisotopic (exact) mass is 346 g/mol. The zero-order chi connectivity index (χ0) is 16.5. The Balaban J connectivity index is 1.39. The van der Waals surface area contributed by atoms with Crippen molar-refractivity contribution in [3.8, 4) is 0 Å². The van der Waals surface area contributed by atoms with Gasteiger partial charge in [-0.15, -0.1) is 0 Å². The van der Waals surface area contributed by atoms with Crippen LogP contribution in [0.25, 0.3) is 10.9 Å². The molecule has 6 heteroatoms. The van der Waals surface area contributed by atoms with Gasteiger partial charge in [-0.3, -0.25) is 0 Å². The van der Waals surface area contributed by atoms with Gasteiger partial charge in [0.2, 0.25) is 0 Å². The van der Waals surface area contributed by atoms with Gasteiger partial charge in [-0.1, -0.05) is 17.7 Å². The third-order valence-electron chi connectivity index (χ3n) is 5.29. The van der Waals surface area contributed by atoms with Gasteiger partial charge in [0, 0.05) is 47.3 Å². The first-order valence-electron chi connectivity index (χ1n) is 8.74. The Hall–Kier alpha value is -1.72. The van der Waals surface area contributed by atoms with Gasteiger partial charge in [0.25, 0.3) is 0 Å². The van der Waals surface area contributed by atoms with Gasteiger partial charge in [0.15, 0.2) is 0 Å². The van der Waals surface area contributed by atoms with Crippen LogP contribution in [-0.2, 0) is 6.42 Å². The van der Waals surface area contributed by atoms with Crippen LogP contribution in [-0.4, -0.2) is 47.6 Å². The second-order valence-electron chi connectivity index (χ2n) is 6.80. The van der Waals surface area contributed by atoms with Crippen LogP contribution in [0.1, 0.15) is 24.8 Å². The molecule has 2 aromatic rings. The Labute approximate surface area is 146 Å². The van der Waals surface area contributed by atoms with Crippen molar-refractivity contribution in [2.24, 2.45) is 0 Å². The smallest absolute Gasteiger partial charge is 0.317 e. The standard InChI is InChI=1S/C18H23ClN4O/c19-13-2-4-16-12(11-22-17(16)9-13)1-3-14-10-15(5-6-20-14)23-8-7-21-18(23)24/h2,4,9,11,14-15,20,22H,1,3,5-8,10H2,(H,21,24). The Bertz CT molecular complexity index is 744. The molecule has 1 aromatic carbocycles. The molecule has 0 bridgehead atoms. The summed E-state index contributed by atoms with van der Waals surface area (Å²) in [6.45, 7) is 2.62. The highest BCUT2D eigenvalue weighted by Gasteiger charge is 2.31. The lowest BCUT2D eigenvalue weighted by Crippen LogP contribution is -2.49. The van der Waals surface area contributed by atoms with E-state index in [-0.39, 0.29) is 6.03 Å². The number of hydrogen-bond acceptors (Lipinski definition) is 2. The fraction of sp³-hybridized carbons (Fsp3) is 0.500. The fourth-order valence-corrected chi connectivity index (χ4v) is 4.19. The van der Waals surface area contributed by atoms with Gasteiger partial charge >= 0.3 is 6.03 Å². The fourth-order valence-electron chi connectivity index (χ4n) is 4.02. The number of hydrogen-bond donors (Lipinski definition) is 3. The highest BCUT2D eigenvalue weighted by atomic mass is 35.5. The second-order valence-corrected chi connectivity index (χ2v) is 7.23. The van der Waals surface area contributed by atoms with Crippen LogP contribution < -0.4 is 10.6 Å². The van der Waals surface area contributed by atoms with Crippen molar-refractivity contribution in [2.45, 2.75) is 37.8 Å². The maximum atomic E-state index is 11.9. The molecule has 2 amide bonds. The number of rotatable bonds is 4. The van der Waals surface area contributed by atoms with E-state index in [0.717, 1.165) is 55.9 Å². The molecule has 5 nitrogen and oxygen atoms in total. The number of benzene rings is 1. The van der Waals surface area contributed by atoms with E-state index >= 15 is 0 Å². The van der Waals surface area contributed by atoms with Crippen LogP contribution in [0.3, 0.4) is 0 Å². The summed E-state index contributed by atoms with van der Waals surface area (Å²) in [6, 6.07) is 6.96. The van der Waals surface area contributed by atoms with Crippen molar-refractivity contribution in [2.75, 3.05) is 19.6 Å². The number of aromatic amines is 1. The van der Waals surface area contributed by atoms with E-state index < -0.39 is 0 Å². The SMILES string of the molecule is O=C1NCCN1C1CCNC(CCc2c[nH]c3cc(Cl)ccc23)C1. The Morgan fingerprint density at radius 2 is 2.21 bits per heavy atom. The maximum Gasteiger partial charge on any atom is 0.317 e. The van der Waals surface area contributed by atoms with Gasteiger partial charge in [0.05, 0.1) is 0 Å². The number of urea groups is 1. The summed E-state index contributed by atoms with van der Waals surface area (Å²) in [7, 11) is 0. The number of piperidine rings is 1. The van der Waals surface area contributed by atoms with Gasteiger partial charge in [-0.25, -0.2) is 4.79 Å². The number of carbonyl (C=O) groups is 1. The molecule has 4 rings (SSSR count). The lowest BCUT2D eigenvalue weighted by Gasteiger charge is -2.35. The molecule has 24 heavy (non-hydrogen) atoms. The number of aromatic nitrogens is 1. The quantitative estimate of drug-likeness (QED) is 0.797. The molecule has 0 radical (unpaired) electrons. The van der Waals surface area contributed by atoms with E-state index in [0.29, 0.717) is 12.1 Å². The van der Waals surface area contributed by atoms with Gasteiger partial charge in [-0.2, -0.15) is 0 Å². The van der Waals surface area contributed by atoms with Crippen molar-refractivity contribution < 1.29 is 4.79 Å². The number of aryl methyl sites for hydroxylation is 1. The molecule has 0 spiro atoms. The van der Waals surface area contributed by atoms with E-state index in [1.807, 2.05) is 17.0 Å². The number of H-pyrrole nitrogens is 1. The van der Waals surface area contributed by atoms with Crippen molar-refractivity contribution in [3.63, 3.8) is 0 Å². The molecule has 2 aliphatic heterocycles. The molecular formula is C18H23ClN4O. The topological polar surface area (TPSA) is 60.2 Å². The summed E-state index contributed by atoms with van der Waals surface area (Å²) in [5.41, 5.74) is 2.44. The van der Waals surface area contributed by atoms with Crippen LogP contribution in [0.15, 0.2) is 24.4 Å². The van der Waals surface area contributed by atoms with E-state index in [1.54, 1.807) is 0 Å². The van der Waals surface area contributed by atoms with E-state index in [2.05, 4.69) is 27.9 Å². The molecule has 3 heterocycles. The van der Waals surface area contributed by atoms with E-state index in [9.17, 15) is 4.79 Å². The maximum absolute atomic E-state index is 11.9. The molecule has 128 valence electrons. The number of nitrogens with one attached hydrogen (secondary N) is 3. The molecule has 2 aliphatic rings. The predicted octanol–water partition coefficient (Wildman–Crippen LogP) is 2.90. The normalized spacial score (nSPS) is 24.5. The lowest BCUT2D eigenvalue weighted by molar-refractivity contribution is 0.169. The van der Waals surface area contributed by atoms with E-state index in [4.69, 9.17) is 11.6 Å². The first-order valence-corrected chi connectivity index (χ1v) is 9.12. The van der Waals surface area contributed by atoms with Gasteiger partial charge in [-0.05, 0) is 49.9 Å². The first-order chi connectivity index (χ1) is 11.7. The van der Waals surface area contributed by atoms with Crippen LogP contribution in [0.4, 0.5) is 4.79 Å². The highest BCUT2D eigenvalue weighted by Crippen LogP contribution is 2.25. The summed E-state index contributed by atoms with van der Waals surface area (Å²) >= 11 is 6.05. The largest absolute Gasteiger partial charge is 0.361 e.